The zero-order chi connectivity index (χ0) is 14.8. The van der Waals surface area contributed by atoms with Crippen molar-refractivity contribution < 1.29 is 0 Å². The third kappa shape index (κ3) is 2.74. The first-order valence-electron chi connectivity index (χ1n) is 7.83. The Morgan fingerprint density at radius 3 is 2.43 bits per heavy atom. The van der Waals surface area contributed by atoms with Crippen molar-refractivity contribution in [2.75, 3.05) is 0 Å². The smallest absolute Gasteiger partial charge is 0.0715 e. The predicted octanol–water partition coefficient (Wildman–Crippen LogP) is 4.12. The normalized spacial score (nSPS) is 16.5. The van der Waals surface area contributed by atoms with Crippen molar-refractivity contribution in [3.63, 3.8) is 0 Å². The van der Waals surface area contributed by atoms with E-state index in [-0.39, 0.29) is 6.04 Å². The lowest BCUT2D eigenvalue weighted by atomic mass is 9.76. The second-order valence-corrected chi connectivity index (χ2v) is 6.22. The number of benzene rings is 2. The topological polar surface area (TPSA) is 38.0 Å². The van der Waals surface area contributed by atoms with Crippen molar-refractivity contribution in [1.82, 2.24) is 5.43 Å². The van der Waals surface area contributed by atoms with Crippen LogP contribution in [0.2, 0.25) is 0 Å². The fourth-order valence-electron chi connectivity index (χ4n) is 3.36. The van der Waals surface area contributed by atoms with Gasteiger partial charge in [-0.05, 0) is 54.9 Å². The van der Waals surface area contributed by atoms with Gasteiger partial charge in [0.2, 0.25) is 0 Å². The average molecular weight is 280 g/mol. The Hall–Kier alpha value is -1.64. The summed E-state index contributed by atoms with van der Waals surface area (Å²) in [7, 11) is 0. The van der Waals surface area contributed by atoms with E-state index in [9.17, 15) is 0 Å². The maximum absolute atomic E-state index is 5.92. The first-order chi connectivity index (χ1) is 10.2. The average Bonchev–Trinajstić information content (AvgIpc) is 2.41. The van der Waals surface area contributed by atoms with Crippen LogP contribution in [-0.2, 0) is 0 Å². The minimum absolute atomic E-state index is 0.0717. The van der Waals surface area contributed by atoms with Crippen LogP contribution in [0.15, 0.2) is 42.5 Å². The number of nitrogens with two attached hydrogens (primary N) is 1. The predicted molar refractivity (Wildman–Crippen MR) is 88.1 cm³/mol. The molecule has 2 aromatic carbocycles. The van der Waals surface area contributed by atoms with Crippen LogP contribution in [0.25, 0.3) is 0 Å². The van der Waals surface area contributed by atoms with E-state index in [4.69, 9.17) is 5.84 Å². The quantitative estimate of drug-likeness (QED) is 0.653. The van der Waals surface area contributed by atoms with Crippen molar-refractivity contribution in [2.45, 2.75) is 45.1 Å². The Balaban J connectivity index is 2.03. The minimum atomic E-state index is 0.0717. The molecule has 2 aromatic rings. The largest absolute Gasteiger partial charge is 0.271 e. The molecule has 1 aliphatic carbocycles. The van der Waals surface area contributed by atoms with Gasteiger partial charge < -0.3 is 0 Å². The van der Waals surface area contributed by atoms with E-state index in [1.165, 1.54) is 47.1 Å². The Kier molecular flexibility index (Phi) is 4.09. The molecule has 1 unspecified atom stereocenters. The van der Waals surface area contributed by atoms with Crippen molar-refractivity contribution in [3.8, 4) is 0 Å². The standard InChI is InChI=1S/C19H24N2/c1-13-10-11-16(14(2)12-13)19(21-20)18-9-4-3-8-17(18)15-6-5-7-15/h3-4,8-12,15,19,21H,5-7,20H2,1-2H3. The zero-order valence-electron chi connectivity index (χ0n) is 12.9. The molecule has 1 atom stereocenters. The lowest BCUT2D eigenvalue weighted by molar-refractivity contribution is 0.414. The first-order valence-corrected chi connectivity index (χ1v) is 7.83. The van der Waals surface area contributed by atoms with Crippen LogP contribution < -0.4 is 11.3 Å². The molecular weight excluding hydrogens is 256 g/mol. The number of hydrogen-bond donors (Lipinski definition) is 2. The highest BCUT2D eigenvalue weighted by atomic mass is 15.2. The molecule has 0 amide bonds. The highest BCUT2D eigenvalue weighted by Gasteiger charge is 2.25. The maximum atomic E-state index is 5.92. The zero-order valence-corrected chi connectivity index (χ0v) is 12.9. The van der Waals surface area contributed by atoms with E-state index in [1.54, 1.807) is 0 Å². The molecule has 0 aliphatic heterocycles. The summed E-state index contributed by atoms with van der Waals surface area (Å²) in [5, 5.41) is 0. The summed E-state index contributed by atoms with van der Waals surface area (Å²) in [4.78, 5) is 0. The second kappa shape index (κ2) is 6.00. The molecule has 3 N–H and O–H groups in total. The molecule has 0 radical (unpaired) electrons. The van der Waals surface area contributed by atoms with Crippen LogP contribution in [0.5, 0.6) is 0 Å². The molecule has 1 fully saturated rings. The van der Waals surface area contributed by atoms with Gasteiger partial charge in [0.25, 0.3) is 0 Å². The lowest BCUT2D eigenvalue weighted by Gasteiger charge is -2.31. The van der Waals surface area contributed by atoms with Crippen molar-refractivity contribution in [2.24, 2.45) is 5.84 Å². The van der Waals surface area contributed by atoms with E-state index in [2.05, 4.69) is 61.7 Å². The summed E-state index contributed by atoms with van der Waals surface area (Å²) < 4.78 is 0. The first kappa shape index (κ1) is 14.3. The molecular formula is C19H24N2. The van der Waals surface area contributed by atoms with Crippen LogP contribution >= 0.6 is 0 Å². The van der Waals surface area contributed by atoms with Crippen molar-refractivity contribution in [1.29, 1.82) is 0 Å². The van der Waals surface area contributed by atoms with Crippen LogP contribution in [0.4, 0.5) is 0 Å². The van der Waals surface area contributed by atoms with Gasteiger partial charge in [0.05, 0.1) is 6.04 Å². The van der Waals surface area contributed by atoms with Gasteiger partial charge in [-0.1, -0.05) is 54.4 Å². The molecule has 0 saturated heterocycles. The molecule has 2 nitrogen and oxygen atoms in total. The van der Waals surface area contributed by atoms with Gasteiger partial charge in [-0.25, -0.2) is 5.43 Å². The van der Waals surface area contributed by atoms with Crippen LogP contribution in [0, 0.1) is 13.8 Å². The number of hydrazine groups is 1. The van der Waals surface area contributed by atoms with E-state index < -0.39 is 0 Å². The van der Waals surface area contributed by atoms with Crippen molar-refractivity contribution in [3.05, 3.63) is 70.3 Å². The van der Waals surface area contributed by atoms with Gasteiger partial charge in [0.1, 0.15) is 0 Å². The highest BCUT2D eigenvalue weighted by Crippen LogP contribution is 2.40. The molecule has 3 rings (SSSR count). The van der Waals surface area contributed by atoms with Gasteiger partial charge in [0, 0.05) is 0 Å². The SMILES string of the molecule is Cc1ccc(C(NN)c2ccccc2C2CCC2)c(C)c1. The maximum Gasteiger partial charge on any atom is 0.0715 e. The molecule has 2 heteroatoms. The molecule has 0 aromatic heterocycles. The molecule has 21 heavy (non-hydrogen) atoms. The monoisotopic (exact) mass is 280 g/mol. The molecule has 0 bridgehead atoms. The highest BCUT2D eigenvalue weighted by molar-refractivity contribution is 5.43. The number of hydrogen-bond acceptors (Lipinski definition) is 2. The van der Waals surface area contributed by atoms with Crippen molar-refractivity contribution >= 4 is 0 Å². The number of rotatable bonds is 4. The van der Waals surface area contributed by atoms with E-state index in [0.717, 1.165) is 0 Å². The minimum Gasteiger partial charge on any atom is -0.271 e. The summed E-state index contributed by atoms with van der Waals surface area (Å²) in [6.45, 7) is 4.29. The molecule has 1 aliphatic rings. The molecule has 110 valence electrons. The van der Waals surface area contributed by atoms with Gasteiger partial charge in [-0.2, -0.15) is 0 Å². The lowest BCUT2D eigenvalue weighted by Crippen LogP contribution is -2.31. The van der Waals surface area contributed by atoms with Crippen LogP contribution in [0.3, 0.4) is 0 Å². The van der Waals surface area contributed by atoms with Crippen LogP contribution in [-0.4, -0.2) is 0 Å². The molecule has 0 spiro atoms. The third-order valence-electron chi connectivity index (χ3n) is 4.75. The van der Waals surface area contributed by atoms with Crippen LogP contribution in [0.1, 0.15) is 59.0 Å². The Bertz CT molecular complexity index is 629. The molecule has 0 heterocycles. The number of aryl methyl sites for hydroxylation is 2. The van der Waals surface area contributed by atoms with Gasteiger partial charge in [-0.15, -0.1) is 0 Å². The summed E-state index contributed by atoms with van der Waals surface area (Å²) in [5.41, 5.74) is 9.69. The van der Waals surface area contributed by atoms with Gasteiger partial charge in [0.15, 0.2) is 0 Å². The van der Waals surface area contributed by atoms with E-state index in [1.807, 2.05) is 0 Å². The number of nitrogens with one attached hydrogen (secondary N) is 1. The Labute approximate surface area is 127 Å². The fraction of sp³-hybridized carbons (Fsp3) is 0.368. The van der Waals surface area contributed by atoms with Gasteiger partial charge >= 0.3 is 0 Å². The second-order valence-electron chi connectivity index (χ2n) is 6.22. The Morgan fingerprint density at radius 2 is 1.81 bits per heavy atom. The Morgan fingerprint density at radius 1 is 1.05 bits per heavy atom. The summed E-state index contributed by atoms with van der Waals surface area (Å²) in [6.07, 6.45) is 3.96. The van der Waals surface area contributed by atoms with Gasteiger partial charge in [-0.3, -0.25) is 5.84 Å². The third-order valence-corrected chi connectivity index (χ3v) is 4.75. The summed E-state index contributed by atoms with van der Waals surface area (Å²) in [5.74, 6) is 6.63. The van der Waals surface area contributed by atoms with E-state index >= 15 is 0 Å². The summed E-state index contributed by atoms with van der Waals surface area (Å²) >= 11 is 0. The molecule has 1 saturated carbocycles. The fourth-order valence-corrected chi connectivity index (χ4v) is 3.36. The summed E-state index contributed by atoms with van der Waals surface area (Å²) in [6, 6.07) is 15.4. The van der Waals surface area contributed by atoms with E-state index in [0.29, 0.717) is 5.92 Å².